The van der Waals surface area contributed by atoms with E-state index in [2.05, 4.69) is 5.16 Å². The Morgan fingerprint density at radius 1 is 1.29 bits per heavy atom. The van der Waals surface area contributed by atoms with Crippen LogP contribution in [0, 0.1) is 0 Å². The summed E-state index contributed by atoms with van der Waals surface area (Å²) in [4.78, 5) is 11.6. The van der Waals surface area contributed by atoms with Gasteiger partial charge in [0.2, 0.25) is 0 Å². The van der Waals surface area contributed by atoms with Crippen molar-refractivity contribution >= 4 is 5.97 Å². The Labute approximate surface area is 123 Å². The number of hydrogen-bond acceptors (Lipinski definition) is 4. The summed E-state index contributed by atoms with van der Waals surface area (Å²) in [6.07, 6.45) is 0. The van der Waals surface area contributed by atoms with E-state index in [1.165, 1.54) is 0 Å². The van der Waals surface area contributed by atoms with Crippen LogP contribution in [0.25, 0.3) is 11.3 Å². The Kier molecular flexibility index (Phi) is 4.14. The minimum Gasteiger partial charge on any atom is -0.477 e. The van der Waals surface area contributed by atoms with E-state index in [-0.39, 0.29) is 5.56 Å². The van der Waals surface area contributed by atoms with Crippen molar-refractivity contribution < 1.29 is 19.2 Å². The number of ether oxygens (including phenoxy) is 1. The molecule has 1 heterocycles. The molecule has 0 amide bonds. The molecule has 1 aromatic heterocycles. The number of rotatable bonds is 4. The molecule has 0 fully saturated rings. The third-order valence-corrected chi connectivity index (χ3v) is 3.13. The van der Waals surface area contributed by atoms with Crippen molar-refractivity contribution in [3.63, 3.8) is 0 Å². The summed E-state index contributed by atoms with van der Waals surface area (Å²) in [5.74, 6) is -0.650. The fourth-order valence-electron chi connectivity index (χ4n) is 2.12. The molecule has 0 saturated carbocycles. The van der Waals surface area contributed by atoms with Crippen LogP contribution in [0.3, 0.4) is 0 Å². The summed E-state index contributed by atoms with van der Waals surface area (Å²) in [5.41, 5.74) is 1.79. The molecule has 0 aliphatic rings. The summed E-state index contributed by atoms with van der Waals surface area (Å²) >= 11 is 0. The second-order valence-electron chi connectivity index (χ2n) is 5.92. The third-order valence-electron chi connectivity index (χ3n) is 3.13. The lowest BCUT2D eigenvalue weighted by Gasteiger charge is -2.14. The fourth-order valence-corrected chi connectivity index (χ4v) is 2.12. The zero-order valence-corrected chi connectivity index (χ0v) is 12.6. The number of nitrogens with zero attached hydrogens (tertiary/aromatic N) is 1. The van der Waals surface area contributed by atoms with Gasteiger partial charge in [0.05, 0.1) is 6.61 Å². The number of methoxy groups -OCH3 is 1. The summed E-state index contributed by atoms with van der Waals surface area (Å²) in [6, 6.07) is 7.42. The van der Waals surface area contributed by atoms with E-state index < -0.39 is 11.4 Å². The monoisotopic (exact) mass is 289 g/mol. The summed E-state index contributed by atoms with van der Waals surface area (Å²) < 4.78 is 10.4. The minimum absolute atomic E-state index is 0.127. The van der Waals surface area contributed by atoms with Gasteiger partial charge >= 0.3 is 5.97 Å². The Bertz CT molecular complexity index is 635. The van der Waals surface area contributed by atoms with E-state index in [1.54, 1.807) is 7.11 Å². The van der Waals surface area contributed by atoms with Gasteiger partial charge < -0.3 is 14.4 Å². The number of carboxylic acid groups (broad SMARTS) is 1. The molecule has 0 radical (unpaired) electrons. The van der Waals surface area contributed by atoms with Crippen molar-refractivity contribution in [1.82, 2.24) is 5.16 Å². The van der Waals surface area contributed by atoms with E-state index >= 15 is 0 Å². The van der Waals surface area contributed by atoms with Crippen molar-refractivity contribution in [3.8, 4) is 11.3 Å². The Morgan fingerprint density at radius 2 is 1.90 bits per heavy atom. The summed E-state index contributed by atoms with van der Waals surface area (Å²) in [6.45, 7) is 6.19. The normalized spacial score (nSPS) is 11.6. The fraction of sp³-hybridized carbons (Fsp3) is 0.375. The molecule has 0 aliphatic carbocycles. The third kappa shape index (κ3) is 3.13. The molecule has 112 valence electrons. The molecule has 5 nitrogen and oxygen atoms in total. The molecule has 0 saturated heterocycles. The Morgan fingerprint density at radius 3 is 2.38 bits per heavy atom. The smallest absolute Gasteiger partial charge is 0.341 e. The largest absolute Gasteiger partial charge is 0.477 e. The van der Waals surface area contributed by atoms with Crippen LogP contribution in [-0.4, -0.2) is 23.3 Å². The first kappa shape index (κ1) is 15.3. The Hall–Kier alpha value is -2.14. The molecule has 2 rings (SSSR count). The lowest BCUT2D eigenvalue weighted by molar-refractivity contribution is 0.0693. The van der Waals surface area contributed by atoms with Gasteiger partial charge in [0.15, 0.2) is 5.76 Å². The van der Waals surface area contributed by atoms with Gasteiger partial charge in [-0.15, -0.1) is 0 Å². The van der Waals surface area contributed by atoms with Crippen LogP contribution in [0.5, 0.6) is 0 Å². The van der Waals surface area contributed by atoms with Crippen LogP contribution in [0.15, 0.2) is 28.8 Å². The highest BCUT2D eigenvalue weighted by Gasteiger charge is 2.31. The highest BCUT2D eigenvalue weighted by Crippen LogP contribution is 2.33. The molecular weight excluding hydrogens is 270 g/mol. The van der Waals surface area contributed by atoms with Crippen LogP contribution < -0.4 is 0 Å². The van der Waals surface area contributed by atoms with E-state index in [4.69, 9.17) is 9.26 Å². The van der Waals surface area contributed by atoms with Crippen molar-refractivity contribution in [3.05, 3.63) is 41.2 Å². The van der Waals surface area contributed by atoms with Gasteiger partial charge in [-0.05, 0) is 5.56 Å². The van der Waals surface area contributed by atoms with Crippen molar-refractivity contribution in [2.75, 3.05) is 7.11 Å². The number of carboxylic acids is 1. The standard InChI is InChI=1S/C16H19NO4/c1-16(2,3)14-12(15(18)19)13(17-21-14)11-7-5-10(6-8-11)9-20-4/h5-8H,9H2,1-4H3,(H,18,19). The van der Waals surface area contributed by atoms with Crippen molar-refractivity contribution in [2.45, 2.75) is 32.8 Å². The number of carbonyl (C=O) groups is 1. The Balaban J connectivity index is 2.49. The molecule has 1 aromatic carbocycles. The molecule has 21 heavy (non-hydrogen) atoms. The first-order valence-electron chi connectivity index (χ1n) is 6.66. The number of hydrogen-bond donors (Lipinski definition) is 1. The zero-order valence-electron chi connectivity index (χ0n) is 12.6. The maximum Gasteiger partial charge on any atom is 0.341 e. The maximum atomic E-state index is 11.6. The number of aromatic carboxylic acids is 1. The second kappa shape index (κ2) is 5.69. The van der Waals surface area contributed by atoms with Gasteiger partial charge in [0, 0.05) is 18.1 Å². The maximum absolute atomic E-state index is 11.6. The van der Waals surface area contributed by atoms with E-state index in [1.807, 2.05) is 45.0 Å². The van der Waals surface area contributed by atoms with Gasteiger partial charge in [0.1, 0.15) is 11.3 Å². The molecule has 0 bridgehead atoms. The lowest BCUT2D eigenvalue weighted by Crippen LogP contribution is -2.15. The molecule has 5 heteroatoms. The molecule has 0 unspecified atom stereocenters. The van der Waals surface area contributed by atoms with E-state index in [0.29, 0.717) is 23.6 Å². The van der Waals surface area contributed by atoms with Crippen molar-refractivity contribution in [2.24, 2.45) is 0 Å². The minimum atomic E-state index is -1.03. The molecule has 0 aliphatic heterocycles. The SMILES string of the molecule is COCc1ccc(-c2noc(C(C)(C)C)c2C(=O)O)cc1. The van der Waals surface area contributed by atoms with Gasteiger partial charge in [-0.1, -0.05) is 50.2 Å². The number of aromatic nitrogens is 1. The predicted octanol–water partition coefficient (Wildman–Crippen LogP) is 3.48. The molecule has 0 spiro atoms. The van der Waals surface area contributed by atoms with Gasteiger partial charge in [0.25, 0.3) is 0 Å². The van der Waals surface area contributed by atoms with Crippen LogP contribution in [0.2, 0.25) is 0 Å². The van der Waals surface area contributed by atoms with Crippen LogP contribution in [0.1, 0.15) is 42.5 Å². The van der Waals surface area contributed by atoms with E-state index in [9.17, 15) is 9.90 Å². The average molecular weight is 289 g/mol. The number of benzene rings is 1. The highest BCUT2D eigenvalue weighted by molar-refractivity contribution is 5.96. The van der Waals surface area contributed by atoms with Crippen LogP contribution in [-0.2, 0) is 16.8 Å². The van der Waals surface area contributed by atoms with Gasteiger partial charge in [-0.25, -0.2) is 4.79 Å². The average Bonchev–Trinajstić information content (AvgIpc) is 2.85. The van der Waals surface area contributed by atoms with Crippen LogP contribution in [0.4, 0.5) is 0 Å². The first-order valence-corrected chi connectivity index (χ1v) is 6.66. The highest BCUT2D eigenvalue weighted by atomic mass is 16.5. The molecule has 2 aromatic rings. The summed E-state index contributed by atoms with van der Waals surface area (Å²) in [5, 5.41) is 13.4. The lowest BCUT2D eigenvalue weighted by atomic mass is 9.89. The topological polar surface area (TPSA) is 72.6 Å². The molecule has 1 N–H and O–H groups in total. The van der Waals surface area contributed by atoms with Crippen molar-refractivity contribution in [1.29, 1.82) is 0 Å². The first-order chi connectivity index (χ1) is 9.84. The van der Waals surface area contributed by atoms with E-state index in [0.717, 1.165) is 5.56 Å². The van der Waals surface area contributed by atoms with Crippen LogP contribution >= 0.6 is 0 Å². The predicted molar refractivity (Wildman–Crippen MR) is 78.3 cm³/mol. The second-order valence-corrected chi connectivity index (χ2v) is 5.92. The quantitative estimate of drug-likeness (QED) is 0.932. The van der Waals surface area contributed by atoms with Gasteiger partial charge in [-0.3, -0.25) is 0 Å². The van der Waals surface area contributed by atoms with Gasteiger partial charge in [-0.2, -0.15) is 0 Å². The summed E-state index contributed by atoms with van der Waals surface area (Å²) in [7, 11) is 1.63. The molecule has 0 atom stereocenters. The zero-order chi connectivity index (χ0) is 15.6. The molecular formula is C16H19NO4.